The van der Waals surface area contributed by atoms with Crippen LogP contribution in [0.1, 0.15) is 32.6 Å². The molecule has 0 amide bonds. The largest absolute Gasteiger partial charge is 0.381 e. The number of ether oxygens (including phenoxy) is 1. The third-order valence-corrected chi connectivity index (χ3v) is 2.70. The van der Waals surface area contributed by atoms with E-state index in [9.17, 15) is 0 Å². The summed E-state index contributed by atoms with van der Waals surface area (Å²) < 4.78 is 5.51. The minimum atomic E-state index is 0.520. The summed E-state index contributed by atoms with van der Waals surface area (Å²) in [6.45, 7) is 4.64. The van der Waals surface area contributed by atoms with E-state index in [1.165, 1.54) is 25.7 Å². The maximum absolute atomic E-state index is 5.51. The zero-order valence-electron chi connectivity index (χ0n) is 8.09. The van der Waals surface area contributed by atoms with Crippen LogP contribution in [0.3, 0.4) is 0 Å². The molecule has 0 aliphatic heterocycles. The molecule has 72 valence electrons. The molecule has 1 aliphatic carbocycles. The van der Waals surface area contributed by atoms with E-state index in [4.69, 9.17) is 10.5 Å². The van der Waals surface area contributed by atoms with Gasteiger partial charge in [0.05, 0.1) is 6.61 Å². The van der Waals surface area contributed by atoms with E-state index >= 15 is 0 Å². The van der Waals surface area contributed by atoms with Crippen LogP contribution in [0.4, 0.5) is 0 Å². The van der Waals surface area contributed by atoms with Crippen molar-refractivity contribution in [1.82, 2.24) is 0 Å². The van der Waals surface area contributed by atoms with Crippen LogP contribution in [0.25, 0.3) is 0 Å². The van der Waals surface area contributed by atoms with Crippen molar-refractivity contribution in [2.24, 2.45) is 17.6 Å². The highest BCUT2D eigenvalue weighted by molar-refractivity contribution is 4.68. The molecule has 0 bridgehead atoms. The summed E-state index contributed by atoms with van der Waals surface area (Å²) in [5.74, 6) is 1.49. The minimum absolute atomic E-state index is 0.520. The molecular formula is C10H21NO. The topological polar surface area (TPSA) is 35.2 Å². The van der Waals surface area contributed by atoms with E-state index in [0.29, 0.717) is 5.92 Å². The lowest BCUT2D eigenvalue weighted by atomic mass is 9.83. The van der Waals surface area contributed by atoms with Gasteiger partial charge in [0.1, 0.15) is 0 Å². The maximum Gasteiger partial charge on any atom is 0.0503 e. The average Bonchev–Trinajstić information content (AvgIpc) is 2.00. The van der Waals surface area contributed by atoms with Crippen molar-refractivity contribution < 1.29 is 4.74 Å². The Morgan fingerprint density at radius 2 is 2.25 bits per heavy atom. The Kier molecular flexibility index (Phi) is 4.62. The van der Waals surface area contributed by atoms with Gasteiger partial charge in [0.25, 0.3) is 0 Å². The molecule has 0 aromatic heterocycles. The molecule has 1 unspecified atom stereocenters. The number of rotatable bonds is 6. The van der Waals surface area contributed by atoms with Gasteiger partial charge >= 0.3 is 0 Å². The second kappa shape index (κ2) is 5.55. The summed E-state index contributed by atoms with van der Waals surface area (Å²) in [5.41, 5.74) is 5.47. The SMILES string of the molecule is CC(CN)COCCC1CCC1. The van der Waals surface area contributed by atoms with Crippen molar-refractivity contribution in [3.63, 3.8) is 0 Å². The number of nitrogens with two attached hydrogens (primary N) is 1. The maximum atomic E-state index is 5.51. The van der Waals surface area contributed by atoms with E-state index < -0.39 is 0 Å². The van der Waals surface area contributed by atoms with Crippen molar-refractivity contribution in [1.29, 1.82) is 0 Å². The quantitative estimate of drug-likeness (QED) is 0.618. The fraction of sp³-hybridized carbons (Fsp3) is 1.00. The van der Waals surface area contributed by atoms with Crippen LogP contribution in [-0.4, -0.2) is 19.8 Å². The van der Waals surface area contributed by atoms with E-state index in [1.807, 2.05) is 0 Å². The third-order valence-electron chi connectivity index (χ3n) is 2.70. The standard InChI is InChI=1S/C10H21NO/c1-9(7-11)8-12-6-5-10-3-2-4-10/h9-10H,2-8,11H2,1H3. The first-order valence-electron chi connectivity index (χ1n) is 5.10. The summed E-state index contributed by atoms with van der Waals surface area (Å²) in [4.78, 5) is 0. The second-order valence-electron chi connectivity index (χ2n) is 4.00. The zero-order chi connectivity index (χ0) is 8.81. The van der Waals surface area contributed by atoms with Crippen molar-refractivity contribution in [2.45, 2.75) is 32.6 Å². The van der Waals surface area contributed by atoms with E-state index in [-0.39, 0.29) is 0 Å². The molecule has 0 aromatic carbocycles. The smallest absolute Gasteiger partial charge is 0.0503 e. The molecule has 1 atom stereocenters. The summed E-state index contributed by atoms with van der Waals surface area (Å²) in [7, 11) is 0. The minimum Gasteiger partial charge on any atom is -0.381 e. The van der Waals surface area contributed by atoms with Crippen LogP contribution in [0.15, 0.2) is 0 Å². The molecule has 1 saturated carbocycles. The molecule has 1 aliphatic rings. The van der Waals surface area contributed by atoms with Gasteiger partial charge in [-0.05, 0) is 24.8 Å². The lowest BCUT2D eigenvalue weighted by Gasteiger charge is -2.25. The van der Waals surface area contributed by atoms with Crippen molar-refractivity contribution in [3.05, 3.63) is 0 Å². The zero-order valence-corrected chi connectivity index (χ0v) is 8.09. The molecule has 1 fully saturated rings. The first-order valence-corrected chi connectivity index (χ1v) is 5.10. The van der Waals surface area contributed by atoms with Gasteiger partial charge < -0.3 is 10.5 Å². The van der Waals surface area contributed by atoms with Gasteiger partial charge in [0.2, 0.25) is 0 Å². The van der Waals surface area contributed by atoms with E-state index in [2.05, 4.69) is 6.92 Å². The Bertz CT molecular complexity index is 106. The Morgan fingerprint density at radius 3 is 2.75 bits per heavy atom. The van der Waals surface area contributed by atoms with Gasteiger partial charge in [0.15, 0.2) is 0 Å². The Balaban J connectivity index is 1.82. The molecule has 0 radical (unpaired) electrons. The highest BCUT2D eigenvalue weighted by Gasteiger charge is 2.16. The van der Waals surface area contributed by atoms with Crippen molar-refractivity contribution >= 4 is 0 Å². The van der Waals surface area contributed by atoms with Crippen LogP contribution in [0.2, 0.25) is 0 Å². The Morgan fingerprint density at radius 1 is 1.50 bits per heavy atom. The highest BCUT2D eigenvalue weighted by atomic mass is 16.5. The molecule has 2 heteroatoms. The molecule has 2 nitrogen and oxygen atoms in total. The monoisotopic (exact) mass is 171 g/mol. The highest BCUT2D eigenvalue weighted by Crippen LogP contribution is 2.29. The molecule has 12 heavy (non-hydrogen) atoms. The number of hydrogen-bond acceptors (Lipinski definition) is 2. The first-order chi connectivity index (χ1) is 5.83. The van der Waals surface area contributed by atoms with Gasteiger partial charge in [-0.3, -0.25) is 0 Å². The van der Waals surface area contributed by atoms with Gasteiger partial charge in [0, 0.05) is 6.61 Å². The molecule has 2 N–H and O–H groups in total. The molecule has 0 spiro atoms. The Hall–Kier alpha value is -0.0800. The van der Waals surface area contributed by atoms with E-state index in [0.717, 1.165) is 25.7 Å². The summed E-state index contributed by atoms with van der Waals surface area (Å²) in [6, 6.07) is 0. The predicted molar refractivity (Wildman–Crippen MR) is 51.0 cm³/mol. The van der Waals surface area contributed by atoms with Gasteiger partial charge in [-0.2, -0.15) is 0 Å². The van der Waals surface area contributed by atoms with Crippen LogP contribution in [0, 0.1) is 11.8 Å². The normalized spacial score (nSPS) is 20.5. The summed E-state index contributed by atoms with van der Waals surface area (Å²) in [5, 5.41) is 0. The fourth-order valence-corrected chi connectivity index (χ4v) is 1.38. The third kappa shape index (κ3) is 3.55. The Labute approximate surface area is 75.5 Å². The molecule has 0 heterocycles. The van der Waals surface area contributed by atoms with Crippen molar-refractivity contribution in [3.8, 4) is 0 Å². The lowest BCUT2D eigenvalue weighted by molar-refractivity contribution is 0.0852. The summed E-state index contributed by atoms with van der Waals surface area (Å²) >= 11 is 0. The van der Waals surface area contributed by atoms with E-state index in [1.54, 1.807) is 0 Å². The van der Waals surface area contributed by atoms with Gasteiger partial charge in [-0.15, -0.1) is 0 Å². The van der Waals surface area contributed by atoms with Gasteiger partial charge in [-0.1, -0.05) is 26.2 Å². The predicted octanol–water partition coefficient (Wildman–Crippen LogP) is 1.79. The summed E-state index contributed by atoms with van der Waals surface area (Å²) in [6.07, 6.45) is 5.55. The second-order valence-corrected chi connectivity index (χ2v) is 4.00. The number of hydrogen-bond donors (Lipinski definition) is 1. The van der Waals surface area contributed by atoms with Crippen molar-refractivity contribution in [2.75, 3.05) is 19.8 Å². The van der Waals surface area contributed by atoms with Crippen LogP contribution < -0.4 is 5.73 Å². The molecule has 1 rings (SSSR count). The van der Waals surface area contributed by atoms with Gasteiger partial charge in [-0.25, -0.2) is 0 Å². The average molecular weight is 171 g/mol. The van der Waals surface area contributed by atoms with Crippen LogP contribution in [-0.2, 0) is 4.74 Å². The van der Waals surface area contributed by atoms with Crippen LogP contribution in [0.5, 0.6) is 0 Å². The lowest BCUT2D eigenvalue weighted by Crippen LogP contribution is -2.19. The molecule has 0 aromatic rings. The fourth-order valence-electron chi connectivity index (χ4n) is 1.38. The van der Waals surface area contributed by atoms with Crippen LogP contribution >= 0.6 is 0 Å². The first kappa shape index (κ1) is 10.0. The molecular weight excluding hydrogens is 150 g/mol. The molecule has 0 saturated heterocycles.